The molecule has 26 atom stereocenters. The van der Waals surface area contributed by atoms with Gasteiger partial charge in [0.2, 0.25) is 18.5 Å². The van der Waals surface area contributed by atoms with Gasteiger partial charge in [0.05, 0.1) is 30.4 Å². The molecular weight excluding hydrogens is 1470 g/mol. The molecule has 0 spiro atoms. The lowest BCUT2D eigenvalue weighted by atomic mass is 9.73. The van der Waals surface area contributed by atoms with Crippen LogP contribution >= 0.6 is 0 Å². The Morgan fingerprint density at radius 2 is 0.974 bits per heavy atom. The van der Waals surface area contributed by atoms with Gasteiger partial charge in [-0.1, -0.05) is 121 Å². The maximum absolute atomic E-state index is 14.5. The summed E-state index contributed by atoms with van der Waals surface area (Å²) in [5.41, 5.74) is -0.412. The number of ketones is 4. The number of amides is 3. The fraction of sp³-hybridized carbons (Fsp3) is 0.679. The highest BCUT2D eigenvalue weighted by atomic mass is 16.7. The van der Waals surface area contributed by atoms with E-state index in [0.29, 0.717) is 31.8 Å². The predicted octanol–water partition coefficient (Wildman–Crippen LogP) is 7.33. The van der Waals surface area contributed by atoms with Crippen molar-refractivity contribution in [2.24, 2.45) is 52.4 Å². The number of carbonyl (C=O) groups is 9. The molecule has 2 aromatic carbocycles. The van der Waals surface area contributed by atoms with Crippen LogP contribution in [0.15, 0.2) is 90.3 Å². The molecule has 5 N–H and O–H groups in total. The van der Waals surface area contributed by atoms with E-state index < -0.39 is 179 Å². The molecule has 7 aliphatic rings. The molecule has 3 amide bonds. The molecule has 3 aromatic rings. The molecule has 0 saturated carbocycles. The Labute approximate surface area is 669 Å². The molecule has 10 rings (SSSR count). The summed E-state index contributed by atoms with van der Waals surface area (Å²) in [6.45, 7) is 27.4. The zero-order valence-corrected chi connectivity index (χ0v) is 69.7. The summed E-state index contributed by atoms with van der Waals surface area (Å²) in [6, 6.07) is 20.9. The van der Waals surface area contributed by atoms with Crippen LogP contribution in [0.25, 0.3) is 11.1 Å². The highest BCUT2D eigenvalue weighted by molar-refractivity contribution is 6.01. The fourth-order valence-electron chi connectivity index (χ4n) is 18.2. The molecule has 7 saturated heterocycles. The van der Waals surface area contributed by atoms with Crippen LogP contribution in [0.3, 0.4) is 0 Å². The number of nitrogens with one attached hydrogen (secondary N) is 3. The SMILES string of the molecule is CC[C@H]1OC(=O)[C@H](C)C(=O)[C@H](C)[C@@H](O[C@@H]2O[C@H](C)C[C@H](N(C)C)[C@H]2O)[C@](C)(OC(=O)NN2CCC(c3ccccc3)CC2)C[C@@H](C)C(=O)[C@H](C)[C@H]2NC(=O)O[C@@]21C.CC[C@H]1OC(=O)[C@H](C)C(=O)[C@H](C)[C@@H](O[C@@H]2O[C@H](C)C[C@H](N(C)C)[C@H]2O)[C@](C)(OC([O-])=N[n+]2ccc(-c3ccccc3)cc2)C[C@@H](C)C(=O)[C@H](C)[C@H]2NC(=O)O[C@@]21C. The van der Waals surface area contributed by atoms with Crippen molar-refractivity contribution in [3.63, 3.8) is 0 Å². The first-order valence-electron chi connectivity index (χ1n) is 40.3. The number of hydrogen-bond acceptors (Lipinski definition) is 26. The van der Waals surface area contributed by atoms with Gasteiger partial charge >= 0.3 is 30.2 Å². The number of ether oxygens (including phenoxy) is 10. The highest BCUT2D eigenvalue weighted by Crippen LogP contribution is 2.44. The molecule has 1 aromatic heterocycles. The molecule has 30 nitrogen and oxygen atoms in total. The van der Waals surface area contributed by atoms with E-state index in [-0.39, 0.29) is 61.5 Å². The van der Waals surface area contributed by atoms with Crippen molar-refractivity contribution in [3.8, 4) is 11.1 Å². The zero-order valence-electron chi connectivity index (χ0n) is 69.7. The molecule has 0 bridgehead atoms. The van der Waals surface area contributed by atoms with Crippen molar-refractivity contribution >= 4 is 59.4 Å². The Balaban J connectivity index is 0.000000261. The normalized spacial score (nSPS) is 38.1. The van der Waals surface area contributed by atoms with E-state index in [1.807, 2.05) is 100 Å². The zero-order chi connectivity index (χ0) is 84.0. The maximum atomic E-state index is 14.5. The van der Waals surface area contributed by atoms with Crippen LogP contribution in [0.4, 0.5) is 14.4 Å². The number of nitrogens with zero attached hydrogens (tertiary/aromatic N) is 5. The first kappa shape index (κ1) is 89.9. The second kappa shape index (κ2) is 37.5. The van der Waals surface area contributed by atoms with Gasteiger partial charge in [-0.05, 0) is 158 Å². The minimum Gasteiger partial charge on any atom is -0.587 e. The predicted molar refractivity (Wildman–Crippen MR) is 414 cm³/mol. The molecule has 0 aliphatic carbocycles. The Morgan fingerprint density at radius 1 is 0.579 bits per heavy atom. The van der Waals surface area contributed by atoms with E-state index in [1.165, 1.54) is 31.0 Å². The molecule has 114 heavy (non-hydrogen) atoms. The number of hydrogen-bond donors (Lipinski definition) is 5. The number of alkyl carbamates (subject to hydrolysis) is 2. The number of pyridine rings is 1. The summed E-state index contributed by atoms with van der Waals surface area (Å²) in [5, 5.41) is 48.5. The molecule has 30 heteroatoms. The Hall–Kier alpha value is -8.07. The van der Waals surface area contributed by atoms with Crippen molar-refractivity contribution in [2.75, 3.05) is 41.3 Å². The lowest BCUT2D eigenvalue weighted by Crippen LogP contribution is -2.61. The number of fused-ring (bicyclic) bond motifs is 2. The summed E-state index contributed by atoms with van der Waals surface area (Å²) in [4.78, 5) is 129. The second-order valence-corrected chi connectivity index (χ2v) is 33.8. The molecule has 7 aliphatic heterocycles. The number of aliphatic hydroxyl groups is 2. The largest absolute Gasteiger partial charge is 0.587 e. The average molecular weight is 1600 g/mol. The number of aliphatic hydroxyl groups excluding tert-OH is 2. The Bertz CT molecular complexity index is 3890. The lowest BCUT2D eigenvalue weighted by molar-refractivity contribution is -0.683. The van der Waals surface area contributed by atoms with E-state index in [2.05, 4.69) is 33.3 Å². The van der Waals surface area contributed by atoms with E-state index in [4.69, 9.17) is 47.4 Å². The minimum atomic E-state index is -1.80. The van der Waals surface area contributed by atoms with Gasteiger partial charge in [-0.25, -0.2) is 19.4 Å². The third kappa shape index (κ3) is 20.1. The lowest BCUT2D eigenvalue weighted by Gasteiger charge is -2.50. The average Bonchev–Trinajstić information content (AvgIpc) is 1.59. The molecular formula is C84H122N8O22. The number of piperidine rings is 1. The van der Waals surface area contributed by atoms with Crippen LogP contribution in [0, 0.1) is 47.3 Å². The monoisotopic (exact) mass is 1590 g/mol. The standard InChI is InChI=1S/C42H64N4O11.C42H58N4O11/c2*1-11-31-42(8)35(43-39(51)57-42)25(4)32(47)23(2)22-41(7,56-40(52)44-46-19-17-29(18-20-46)28-15-13-12-14-16-28)36(26(5)33(48)27(6)37(50)54-31)55-38-34(49)30(45(9)10)21-24(3)53-38/h12-16,23-27,29-31,34-36,38,49H,11,17-22H2,1-10H3,(H,43,51)(H,44,52);12-20,23-27,30-31,34-36,38,49H,11,21-22H2,1-10H3,(H-,43,44,51,52)/t2*23-,24-,25+,26+,27-,30+,31-,34-,35-,36-,38+,41-,42-/m11/s1. The van der Waals surface area contributed by atoms with Gasteiger partial charge in [-0.2, -0.15) is 0 Å². The van der Waals surface area contributed by atoms with Crippen LogP contribution in [-0.4, -0.2) is 234 Å². The van der Waals surface area contributed by atoms with E-state index in [0.717, 1.165) is 24.0 Å². The quantitative estimate of drug-likeness (QED) is 0.0263. The van der Waals surface area contributed by atoms with E-state index in [9.17, 15) is 58.5 Å². The van der Waals surface area contributed by atoms with Gasteiger partial charge in [0.15, 0.2) is 35.3 Å². The van der Waals surface area contributed by atoms with Crippen molar-refractivity contribution in [2.45, 2.75) is 276 Å². The van der Waals surface area contributed by atoms with E-state index in [1.54, 1.807) is 106 Å². The van der Waals surface area contributed by atoms with Crippen LogP contribution in [0.2, 0.25) is 0 Å². The van der Waals surface area contributed by atoms with Crippen LogP contribution in [-0.2, 0) is 76.1 Å². The number of carbonyl (C=O) groups excluding carboxylic acids is 9. The molecule has 0 radical (unpaired) electrons. The second-order valence-electron chi connectivity index (χ2n) is 33.8. The molecule has 630 valence electrons. The maximum Gasteiger partial charge on any atom is 0.422 e. The van der Waals surface area contributed by atoms with E-state index >= 15 is 0 Å². The van der Waals surface area contributed by atoms with Gasteiger partial charge < -0.3 is 83.1 Å². The van der Waals surface area contributed by atoms with Gasteiger partial charge in [0, 0.05) is 83.5 Å². The third-order valence-electron chi connectivity index (χ3n) is 24.7. The number of cyclic esters (lactones) is 2. The first-order valence-corrected chi connectivity index (χ1v) is 40.3. The van der Waals surface area contributed by atoms with Gasteiger partial charge in [0.25, 0.3) is 0 Å². The number of aromatic nitrogens is 1. The number of benzene rings is 2. The smallest absolute Gasteiger partial charge is 0.422 e. The minimum absolute atomic E-state index is 0.119. The Morgan fingerprint density at radius 3 is 1.38 bits per heavy atom. The Kier molecular flexibility index (Phi) is 29.5. The number of esters is 2. The highest BCUT2D eigenvalue weighted by Gasteiger charge is 2.60. The number of rotatable bonds is 14. The summed E-state index contributed by atoms with van der Waals surface area (Å²) in [5.74, 6) is -11.5. The van der Waals surface area contributed by atoms with Crippen LogP contribution in [0.5, 0.6) is 0 Å². The fourth-order valence-corrected chi connectivity index (χ4v) is 18.2. The van der Waals surface area contributed by atoms with Crippen molar-refractivity contribution in [1.29, 1.82) is 0 Å². The van der Waals surface area contributed by atoms with Crippen molar-refractivity contribution < 1.29 is 111 Å². The van der Waals surface area contributed by atoms with Crippen LogP contribution < -0.4 is 25.8 Å². The molecule has 7 fully saturated rings. The first-order chi connectivity index (χ1) is 53.6. The summed E-state index contributed by atoms with van der Waals surface area (Å²) < 4.78 is 62.8. The van der Waals surface area contributed by atoms with Gasteiger partial charge in [-0.15, -0.1) is 0 Å². The van der Waals surface area contributed by atoms with Gasteiger partial charge in [0.1, 0.15) is 59.5 Å². The van der Waals surface area contributed by atoms with Gasteiger partial charge in [-0.3, -0.25) is 34.2 Å². The molecule has 0 unspecified atom stereocenters. The van der Waals surface area contributed by atoms with Crippen LogP contribution in [0.1, 0.15) is 174 Å². The van der Waals surface area contributed by atoms with Crippen molar-refractivity contribution in [3.05, 3.63) is 90.8 Å². The topological polar surface area (TPSA) is 372 Å². The number of likely N-dealkylation sites (N-methyl/N-ethyl adjacent to an activating group) is 2. The summed E-state index contributed by atoms with van der Waals surface area (Å²) in [7, 11) is 7.32. The summed E-state index contributed by atoms with van der Waals surface area (Å²) in [6.07, 6.45) is -7.74. The number of hydrazine groups is 1. The third-order valence-corrected chi connectivity index (χ3v) is 24.7. The summed E-state index contributed by atoms with van der Waals surface area (Å²) >= 11 is 0. The van der Waals surface area contributed by atoms with Crippen molar-refractivity contribution in [1.82, 2.24) is 30.9 Å². The molecule has 8 heterocycles. The number of Topliss-reactive ketones (excluding diaryl/α,β-unsaturated/α-hetero) is 4.